The van der Waals surface area contributed by atoms with Crippen molar-refractivity contribution in [1.82, 2.24) is 0 Å². The van der Waals surface area contributed by atoms with Crippen molar-refractivity contribution in [2.45, 2.75) is 20.8 Å². The molecule has 0 aliphatic rings. The SMILES string of the molecule is Cc1cc(C)c(C)c(OCC(=O)Oc2ccc(Br)cc2)c1. The molecule has 0 fully saturated rings. The summed E-state index contributed by atoms with van der Waals surface area (Å²) in [4.78, 5) is 11.8. The number of ether oxygens (including phenoxy) is 2. The molecule has 4 heteroatoms. The van der Waals surface area contributed by atoms with Gasteiger partial charge < -0.3 is 9.47 Å². The maximum atomic E-state index is 11.8. The van der Waals surface area contributed by atoms with Crippen LogP contribution < -0.4 is 9.47 Å². The molecular weight excluding hydrogens is 332 g/mol. The molecule has 0 saturated heterocycles. The predicted octanol–water partition coefficient (Wildman–Crippen LogP) is 4.36. The second-order valence-corrected chi connectivity index (χ2v) is 5.84. The van der Waals surface area contributed by atoms with E-state index in [1.165, 1.54) is 0 Å². The van der Waals surface area contributed by atoms with E-state index in [1.807, 2.05) is 39.0 Å². The molecule has 0 aliphatic heterocycles. The fraction of sp³-hybridized carbons (Fsp3) is 0.235. The molecule has 0 saturated carbocycles. The Bertz CT molecular complexity index is 648. The van der Waals surface area contributed by atoms with E-state index in [-0.39, 0.29) is 6.61 Å². The van der Waals surface area contributed by atoms with Crippen LogP contribution in [-0.4, -0.2) is 12.6 Å². The zero-order valence-electron chi connectivity index (χ0n) is 12.3. The van der Waals surface area contributed by atoms with E-state index < -0.39 is 5.97 Å². The summed E-state index contributed by atoms with van der Waals surface area (Å²) in [6, 6.07) is 11.1. The van der Waals surface area contributed by atoms with Crippen LogP contribution in [0.3, 0.4) is 0 Å². The molecular formula is C17H17BrO3. The highest BCUT2D eigenvalue weighted by Crippen LogP contribution is 2.23. The quantitative estimate of drug-likeness (QED) is 0.608. The minimum atomic E-state index is -0.420. The summed E-state index contributed by atoms with van der Waals surface area (Å²) in [5.41, 5.74) is 3.29. The van der Waals surface area contributed by atoms with Gasteiger partial charge in [-0.3, -0.25) is 0 Å². The summed E-state index contributed by atoms with van der Waals surface area (Å²) in [6.45, 7) is 5.89. The van der Waals surface area contributed by atoms with Crippen molar-refractivity contribution < 1.29 is 14.3 Å². The summed E-state index contributed by atoms with van der Waals surface area (Å²) in [5, 5.41) is 0. The van der Waals surface area contributed by atoms with Crippen molar-refractivity contribution in [3.8, 4) is 11.5 Å². The molecule has 0 unspecified atom stereocenters. The van der Waals surface area contributed by atoms with Gasteiger partial charge in [-0.05, 0) is 67.8 Å². The molecule has 2 aromatic carbocycles. The number of aryl methyl sites for hydroxylation is 2. The van der Waals surface area contributed by atoms with Crippen molar-refractivity contribution in [2.24, 2.45) is 0 Å². The normalized spacial score (nSPS) is 10.3. The fourth-order valence-corrected chi connectivity index (χ4v) is 2.22. The zero-order chi connectivity index (χ0) is 15.4. The Hall–Kier alpha value is -1.81. The summed E-state index contributed by atoms with van der Waals surface area (Å²) in [6.07, 6.45) is 0. The van der Waals surface area contributed by atoms with Crippen molar-refractivity contribution in [2.75, 3.05) is 6.61 Å². The van der Waals surface area contributed by atoms with E-state index in [9.17, 15) is 4.79 Å². The number of carbonyl (C=O) groups is 1. The highest BCUT2D eigenvalue weighted by molar-refractivity contribution is 9.10. The molecule has 0 amide bonds. The van der Waals surface area contributed by atoms with Crippen LogP contribution in [0.2, 0.25) is 0 Å². The monoisotopic (exact) mass is 348 g/mol. The van der Waals surface area contributed by atoms with Gasteiger partial charge in [-0.2, -0.15) is 0 Å². The molecule has 0 N–H and O–H groups in total. The third-order valence-corrected chi connectivity index (χ3v) is 3.68. The standard InChI is InChI=1S/C17H17BrO3/c1-11-8-12(2)13(3)16(9-11)20-10-17(19)21-15-6-4-14(18)5-7-15/h4-9H,10H2,1-3H3. The molecule has 0 spiro atoms. The zero-order valence-corrected chi connectivity index (χ0v) is 13.9. The van der Waals surface area contributed by atoms with E-state index in [4.69, 9.17) is 9.47 Å². The van der Waals surface area contributed by atoms with Gasteiger partial charge in [0.1, 0.15) is 11.5 Å². The van der Waals surface area contributed by atoms with Crippen LogP contribution in [0.25, 0.3) is 0 Å². The van der Waals surface area contributed by atoms with Crippen molar-refractivity contribution in [1.29, 1.82) is 0 Å². The number of hydrogen-bond acceptors (Lipinski definition) is 3. The van der Waals surface area contributed by atoms with Gasteiger partial charge in [0, 0.05) is 4.47 Å². The number of halogens is 1. The summed E-state index contributed by atoms with van der Waals surface area (Å²) < 4.78 is 11.7. The summed E-state index contributed by atoms with van der Waals surface area (Å²) in [7, 11) is 0. The molecule has 2 rings (SSSR count). The van der Waals surface area contributed by atoms with Gasteiger partial charge in [-0.15, -0.1) is 0 Å². The van der Waals surface area contributed by atoms with E-state index in [0.717, 1.165) is 26.9 Å². The lowest BCUT2D eigenvalue weighted by molar-refractivity contribution is -0.136. The predicted molar refractivity (Wildman–Crippen MR) is 85.9 cm³/mol. The number of carbonyl (C=O) groups excluding carboxylic acids is 1. The van der Waals surface area contributed by atoms with Crippen LogP contribution in [0, 0.1) is 20.8 Å². The summed E-state index contributed by atoms with van der Waals surface area (Å²) >= 11 is 3.33. The van der Waals surface area contributed by atoms with Crippen LogP contribution in [0.4, 0.5) is 0 Å². The van der Waals surface area contributed by atoms with Gasteiger partial charge in [-0.1, -0.05) is 22.0 Å². The third-order valence-electron chi connectivity index (χ3n) is 3.15. The molecule has 3 nitrogen and oxygen atoms in total. The van der Waals surface area contributed by atoms with Crippen molar-refractivity contribution in [3.63, 3.8) is 0 Å². The smallest absolute Gasteiger partial charge is 0.349 e. The highest BCUT2D eigenvalue weighted by atomic mass is 79.9. The third kappa shape index (κ3) is 4.33. The topological polar surface area (TPSA) is 35.5 Å². The lowest BCUT2D eigenvalue weighted by atomic mass is 10.1. The van der Waals surface area contributed by atoms with Crippen molar-refractivity contribution >= 4 is 21.9 Å². The highest BCUT2D eigenvalue weighted by Gasteiger charge is 2.09. The average molecular weight is 349 g/mol. The van der Waals surface area contributed by atoms with E-state index in [0.29, 0.717) is 5.75 Å². The Balaban J connectivity index is 1.97. The Labute approximate surface area is 133 Å². The van der Waals surface area contributed by atoms with Crippen LogP contribution in [0.5, 0.6) is 11.5 Å². The second-order valence-electron chi connectivity index (χ2n) is 4.92. The molecule has 0 bridgehead atoms. The van der Waals surface area contributed by atoms with Crippen molar-refractivity contribution in [3.05, 3.63) is 57.6 Å². The first-order chi connectivity index (χ1) is 9.95. The molecule has 0 aliphatic carbocycles. The first-order valence-electron chi connectivity index (χ1n) is 6.62. The Morgan fingerprint density at radius 3 is 2.43 bits per heavy atom. The molecule has 0 heterocycles. The van der Waals surface area contributed by atoms with Gasteiger partial charge in [0.15, 0.2) is 6.61 Å². The summed E-state index contributed by atoms with van der Waals surface area (Å²) in [5.74, 6) is 0.806. The Morgan fingerprint density at radius 1 is 1.10 bits per heavy atom. The van der Waals surface area contributed by atoms with Gasteiger partial charge >= 0.3 is 5.97 Å². The van der Waals surface area contributed by atoms with Crippen LogP contribution >= 0.6 is 15.9 Å². The first kappa shape index (κ1) is 15.6. The van der Waals surface area contributed by atoms with Gasteiger partial charge in [0.2, 0.25) is 0 Å². The molecule has 0 aromatic heterocycles. The number of benzene rings is 2. The van der Waals surface area contributed by atoms with Gasteiger partial charge in [0.05, 0.1) is 0 Å². The molecule has 0 atom stereocenters. The fourth-order valence-electron chi connectivity index (χ4n) is 1.95. The van der Waals surface area contributed by atoms with Crippen LogP contribution in [-0.2, 0) is 4.79 Å². The number of esters is 1. The lowest BCUT2D eigenvalue weighted by Crippen LogP contribution is -2.18. The number of rotatable bonds is 4. The Kier molecular flexibility index (Phi) is 5.02. The van der Waals surface area contributed by atoms with Crippen LogP contribution in [0.1, 0.15) is 16.7 Å². The largest absolute Gasteiger partial charge is 0.482 e. The maximum Gasteiger partial charge on any atom is 0.349 e. The minimum absolute atomic E-state index is 0.111. The van der Waals surface area contributed by atoms with Gasteiger partial charge in [0.25, 0.3) is 0 Å². The lowest BCUT2D eigenvalue weighted by Gasteiger charge is -2.12. The molecule has 2 aromatic rings. The van der Waals surface area contributed by atoms with Gasteiger partial charge in [-0.25, -0.2) is 4.79 Å². The maximum absolute atomic E-state index is 11.8. The van der Waals surface area contributed by atoms with E-state index >= 15 is 0 Å². The molecule has 110 valence electrons. The Morgan fingerprint density at radius 2 is 1.76 bits per heavy atom. The second kappa shape index (κ2) is 6.76. The van der Waals surface area contributed by atoms with E-state index in [2.05, 4.69) is 22.0 Å². The number of hydrogen-bond donors (Lipinski definition) is 0. The van der Waals surface area contributed by atoms with Crippen LogP contribution in [0.15, 0.2) is 40.9 Å². The first-order valence-corrected chi connectivity index (χ1v) is 7.42. The molecule has 21 heavy (non-hydrogen) atoms. The van der Waals surface area contributed by atoms with E-state index in [1.54, 1.807) is 12.1 Å². The average Bonchev–Trinajstić information content (AvgIpc) is 2.44. The minimum Gasteiger partial charge on any atom is -0.482 e. The molecule has 0 radical (unpaired) electrons.